The molecular weight excluding hydrogens is 288 g/mol. The minimum Gasteiger partial charge on any atom is -0.296 e. The molecule has 2 aromatic heterocycles. The minimum atomic E-state index is -0.248. The third kappa shape index (κ3) is 2.58. The van der Waals surface area contributed by atoms with Crippen LogP contribution in [0.1, 0.15) is 21.6 Å². The van der Waals surface area contributed by atoms with E-state index in [9.17, 15) is 9.59 Å². The smallest absolute Gasteiger partial charge is 0.262 e. The van der Waals surface area contributed by atoms with Gasteiger partial charge in [0.2, 0.25) is 0 Å². The van der Waals surface area contributed by atoms with Crippen molar-refractivity contribution in [3.05, 3.63) is 80.9 Å². The molecule has 0 aliphatic carbocycles. The fraction of sp³-hybridized carbons (Fsp3) is 0.0625. The zero-order chi connectivity index (χ0) is 14.8. The molecule has 0 saturated carbocycles. The van der Waals surface area contributed by atoms with Gasteiger partial charge in [0.25, 0.3) is 5.56 Å². The van der Waals surface area contributed by atoms with Gasteiger partial charge in [0.05, 0.1) is 5.56 Å². The standard InChI is InChI=1S/C16H11ClN2O2/c17-12-6-7-19-15(9-12)18-14(10-20)13(16(19)21)8-11-4-2-1-3-5-11/h1-7,9-10H,8H2. The molecule has 1 aromatic carbocycles. The summed E-state index contributed by atoms with van der Waals surface area (Å²) < 4.78 is 1.40. The summed E-state index contributed by atoms with van der Waals surface area (Å²) in [5.74, 6) is 0. The molecular formula is C16H11ClN2O2. The quantitative estimate of drug-likeness (QED) is 0.699. The first kappa shape index (κ1) is 13.5. The van der Waals surface area contributed by atoms with Crippen LogP contribution in [-0.4, -0.2) is 15.7 Å². The summed E-state index contributed by atoms with van der Waals surface area (Å²) in [5, 5.41) is 0.467. The van der Waals surface area contributed by atoms with Crippen molar-refractivity contribution in [1.82, 2.24) is 9.38 Å². The van der Waals surface area contributed by atoms with Crippen molar-refractivity contribution in [3.8, 4) is 0 Å². The van der Waals surface area contributed by atoms with Crippen molar-refractivity contribution in [3.63, 3.8) is 0 Å². The van der Waals surface area contributed by atoms with Gasteiger partial charge in [0, 0.05) is 23.7 Å². The minimum absolute atomic E-state index is 0.158. The molecule has 0 amide bonds. The van der Waals surface area contributed by atoms with Crippen LogP contribution in [0.15, 0.2) is 53.5 Å². The largest absolute Gasteiger partial charge is 0.296 e. The molecule has 21 heavy (non-hydrogen) atoms. The summed E-state index contributed by atoms with van der Waals surface area (Å²) in [7, 11) is 0. The first-order valence-electron chi connectivity index (χ1n) is 6.39. The second-order valence-corrected chi connectivity index (χ2v) is 5.07. The zero-order valence-electron chi connectivity index (χ0n) is 11.0. The van der Waals surface area contributed by atoms with E-state index in [1.807, 2.05) is 30.3 Å². The maximum atomic E-state index is 12.5. The second-order valence-electron chi connectivity index (χ2n) is 4.63. The summed E-state index contributed by atoms with van der Waals surface area (Å²) in [6, 6.07) is 12.7. The normalized spacial score (nSPS) is 10.7. The highest BCUT2D eigenvalue weighted by Gasteiger charge is 2.13. The van der Waals surface area contributed by atoms with Crippen LogP contribution in [0.2, 0.25) is 5.02 Å². The summed E-state index contributed by atoms with van der Waals surface area (Å²) in [6.45, 7) is 0. The predicted molar refractivity (Wildman–Crippen MR) is 81.1 cm³/mol. The molecule has 2 heterocycles. The molecule has 0 aliphatic rings. The van der Waals surface area contributed by atoms with Crippen molar-refractivity contribution in [2.24, 2.45) is 0 Å². The van der Waals surface area contributed by atoms with Crippen LogP contribution < -0.4 is 5.56 Å². The molecule has 5 heteroatoms. The lowest BCUT2D eigenvalue weighted by molar-refractivity contribution is 0.111. The van der Waals surface area contributed by atoms with Crippen molar-refractivity contribution in [2.45, 2.75) is 6.42 Å². The van der Waals surface area contributed by atoms with Crippen LogP contribution in [0.4, 0.5) is 0 Å². The number of halogens is 1. The molecule has 0 aliphatic heterocycles. The van der Waals surface area contributed by atoms with Crippen LogP contribution in [0.3, 0.4) is 0 Å². The SMILES string of the molecule is O=Cc1nc2cc(Cl)ccn2c(=O)c1Cc1ccccc1. The predicted octanol–water partition coefficient (Wildman–Crippen LogP) is 2.75. The Morgan fingerprint density at radius 3 is 2.67 bits per heavy atom. The van der Waals surface area contributed by atoms with Gasteiger partial charge in [0.1, 0.15) is 11.3 Å². The second kappa shape index (κ2) is 5.50. The number of aromatic nitrogens is 2. The monoisotopic (exact) mass is 298 g/mol. The van der Waals surface area contributed by atoms with E-state index >= 15 is 0 Å². The first-order valence-corrected chi connectivity index (χ1v) is 6.77. The van der Waals surface area contributed by atoms with E-state index < -0.39 is 0 Å². The molecule has 4 nitrogen and oxygen atoms in total. The van der Waals surface area contributed by atoms with E-state index in [2.05, 4.69) is 4.98 Å². The number of rotatable bonds is 3. The van der Waals surface area contributed by atoms with Crippen LogP contribution in [0.5, 0.6) is 0 Å². The van der Waals surface area contributed by atoms with E-state index in [0.717, 1.165) is 5.56 Å². The van der Waals surface area contributed by atoms with Crippen LogP contribution >= 0.6 is 11.6 Å². The van der Waals surface area contributed by atoms with Gasteiger partial charge in [0.15, 0.2) is 6.29 Å². The Bertz CT molecular complexity index is 873. The number of nitrogens with zero attached hydrogens (tertiary/aromatic N) is 2. The molecule has 0 atom stereocenters. The van der Waals surface area contributed by atoms with E-state index in [0.29, 0.717) is 28.9 Å². The van der Waals surface area contributed by atoms with Crippen molar-refractivity contribution < 1.29 is 4.79 Å². The third-order valence-electron chi connectivity index (χ3n) is 3.25. The molecule has 0 N–H and O–H groups in total. The van der Waals surface area contributed by atoms with Gasteiger partial charge in [-0.3, -0.25) is 14.0 Å². The number of carbonyl (C=O) groups excluding carboxylic acids is 1. The van der Waals surface area contributed by atoms with Gasteiger partial charge in [-0.1, -0.05) is 41.9 Å². The van der Waals surface area contributed by atoms with E-state index in [4.69, 9.17) is 11.6 Å². The number of hydrogen-bond acceptors (Lipinski definition) is 3. The summed E-state index contributed by atoms with van der Waals surface area (Å²) >= 11 is 5.89. The van der Waals surface area contributed by atoms with Gasteiger partial charge >= 0.3 is 0 Å². The maximum absolute atomic E-state index is 12.5. The van der Waals surface area contributed by atoms with Gasteiger partial charge in [-0.05, 0) is 11.6 Å². The lowest BCUT2D eigenvalue weighted by atomic mass is 10.0. The highest BCUT2D eigenvalue weighted by atomic mass is 35.5. The highest BCUT2D eigenvalue weighted by Crippen LogP contribution is 2.13. The summed E-state index contributed by atoms with van der Waals surface area (Å²) in [5.41, 5.74) is 1.62. The van der Waals surface area contributed by atoms with E-state index in [-0.39, 0.29) is 11.3 Å². The maximum Gasteiger partial charge on any atom is 0.262 e. The molecule has 3 aromatic rings. The molecule has 104 valence electrons. The van der Waals surface area contributed by atoms with E-state index in [1.54, 1.807) is 18.3 Å². The van der Waals surface area contributed by atoms with Crippen molar-refractivity contribution in [1.29, 1.82) is 0 Å². The zero-order valence-corrected chi connectivity index (χ0v) is 11.7. The Morgan fingerprint density at radius 2 is 1.95 bits per heavy atom. The van der Waals surface area contributed by atoms with Gasteiger partial charge in [-0.25, -0.2) is 4.98 Å². The number of fused-ring (bicyclic) bond motifs is 1. The van der Waals surface area contributed by atoms with Crippen molar-refractivity contribution in [2.75, 3.05) is 0 Å². The molecule has 0 bridgehead atoms. The van der Waals surface area contributed by atoms with Gasteiger partial charge < -0.3 is 0 Å². The Balaban J connectivity index is 2.22. The highest BCUT2D eigenvalue weighted by molar-refractivity contribution is 6.30. The van der Waals surface area contributed by atoms with Crippen LogP contribution in [0, 0.1) is 0 Å². The number of aldehydes is 1. The fourth-order valence-corrected chi connectivity index (χ4v) is 2.38. The molecule has 0 radical (unpaired) electrons. The Morgan fingerprint density at radius 1 is 1.19 bits per heavy atom. The van der Waals surface area contributed by atoms with Crippen molar-refractivity contribution >= 4 is 23.5 Å². The molecule has 0 saturated heterocycles. The number of pyridine rings is 1. The first-order chi connectivity index (χ1) is 10.2. The molecule has 3 rings (SSSR count). The Hall–Kier alpha value is -2.46. The fourth-order valence-electron chi connectivity index (χ4n) is 2.23. The van der Waals surface area contributed by atoms with Crippen LogP contribution in [0.25, 0.3) is 5.65 Å². The topological polar surface area (TPSA) is 51.4 Å². The Kier molecular flexibility index (Phi) is 3.54. The number of carbonyl (C=O) groups is 1. The lowest BCUT2D eigenvalue weighted by Crippen LogP contribution is -2.22. The lowest BCUT2D eigenvalue weighted by Gasteiger charge is -2.07. The average molecular weight is 299 g/mol. The molecule has 0 unspecified atom stereocenters. The third-order valence-corrected chi connectivity index (χ3v) is 3.49. The van der Waals surface area contributed by atoms with Gasteiger partial charge in [-0.2, -0.15) is 0 Å². The number of benzene rings is 1. The van der Waals surface area contributed by atoms with Crippen LogP contribution in [-0.2, 0) is 6.42 Å². The molecule has 0 spiro atoms. The van der Waals surface area contributed by atoms with E-state index in [1.165, 1.54) is 4.40 Å². The summed E-state index contributed by atoms with van der Waals surface area (Å²) in [4.78, 5) is 28.0. The Labute approximate surface area is 125 Å². The number of hydrogen-bond donors (Lipinski definition) is 0. The average Bonchev–Trinajstić information content (AvgIpc) is 2.50. The summed E-state index contributed by atoms with van der Waals surface area (Å²) in [6.07, 6.45) is 2.54. The van der Waals surface area contributed by atoms with Gasteiger partial charge in [-0.15, -0.1) is 0 Å². The molecule has 0 fully saturated rings.